The molecule has 3 heterocycles. The third-order valence-corrected chi connectivity index (χ3v) is 8.12. The maximum atomic E-state index is 14.3. The van der Waals surface area contributed by atoms with Gasteiger partial charge >= 0.3 is 5.97 Å². The van der Waals surface area contributed by atoms with Crippen molar-refractivity contribution >= 4 is 18.1 Å². The van der Waals surface area contributed by atoms with E-state index in [9.17, 15) is 19.1 Å². The summed E-state index contributed by atoms with van der Waals surface area (Å²) in [5.74, 6) is 0.242. The average molecular weight is 572 g/mol. The third kappa shape index (κ3) is 7.81. The number of hydrogen-bond acceptors (Lipinski definition) is 8. The van der Waals surface area contributed by atoms with Crippen LogP contribution in [0.3, 0.4) is 0 Å². The molecule has 1 aromatic carbocycles. The molecule has 0 saturated carbocycles. The van der Waals surface area contributed by atoms with Crippen LogP contribution in [-0.4, -0.2) is 72.3 Å². The molecule has 0 bridgehead atoms. The van der Waals surface area contributed by atoms with Crippen LogP contribution in [0.1, 0.15) is 74.4 Å². The number of benzene rings is 1. The van der Waals surface area contributed by atoms with Crippen molar-refractivity contribution in [2.75, 3.05) is 38.7 Å². The normalized spacial score (nSPS) is 19.2. The number of nitrogens with zero attached hydrogens (tertiary/aromatic N) is 2. The summed E-state index contributed by atoms with van der Waals surface area (Å²) in [6.07, 6.45) is 6.43. The number of rotatable bonds is 15. The SMILES string of the molecule is CCC(C)(C=O)OCc1ccc(F)cc1C(C(=O)O)N1CC[C@@H](OCCCCc2cc(OC)c3c(n2)NCCC3)C1. The van der Waals surface area contributed by atoms with Crippen LogP contribution < -0.4 is 10.1 Å². The molecular weight excluding hydrogens is 529 g/mol. The minimum Gasteiger partial charge on any atom is -0.496 e. The Balaban J connectivity index is 1.31. The number of halogens is 1. The van der Waals surface area contributed by atoms with Gasteiger partial charge in [0.15, 0.2) is 6.29 Å². The molecular formula is C31H42FN3O6. The Hall–Kier alpha value is -3.08. The minimum absolute atomic E-state index is 0.0112. The van der Waals surface area contributed by atoms with Gasteiger partial charge in [-0.3, -0.25) is 9.69 Å². The molecule has 4 rings (SSSR count). The summed E-state index contributed by atoms with van der Waals surface area (Å²) >= 11 is 0. The summed E-state index contributed by atoms with van der Waals surface area (Å²) in [5.41, 5.74) is 2.04. The molecule has 3 atom stereocenters. The number of aldehydes is 1. The molecule has 0 radical (unpaired) electrons. The number of aliphatic carboxylic acids is 1. The fourth-order valence-electron chi connectivity index (χ4n) is 5.45. The van der Waals surface area contributed by atoms with Gasteiger partial charge in [-0.1, -0.05) is 13.0 Å². The van der Waals surface area contributed by atoms with E-state index in [0.717, 1.165) is 67.8 Å². The zero-order valence-electron chi connectivity index (χ0n) is 24.3. The van der Waals surface area contributed by atoms with Crippen LogP contribution in [0.15, 0.2) is 24.3 Å². The van der Waals surface area contributed by atoms with Crippen molar-refractivity contribution in [1.29, 1.82) is 0 Å². The van der Waals surface area contributed by atoms with Crippen molar-refractivity contribution in [2.24, 2.45) is 0 Å². The third-order valence-electron chi connectivity index (χ3n) is 8.12. The number of hydrogen-bond donors (Lipinski definition) is 2. The van der Waals surface area contributed by atoms with E-state index in [4.69, 9.17) is 19.2 Å². The highest BCUT2D eigenvalue weighted by atomic mass is 19.1. The Kier molecular flexibility index (Phi) is 10.7. The molecule has 0 spiro atoms. The number of aromatic nitrogens is 1. The van der Waals surface area contributed by atoms with Crippen LogP contribution in [0.2, 0.25) is 0 Å². The van der Waals surface area contributed by atoms with Crippen LogP contribution in [0.5, 0.6) is 5.75 Å². The molecule has 2 N–H and O–H groups in total. The summed E-state index contributed by atoms with van der Waals surface area (Å²) in [4.78, 5) is 30.5. The van der Waals surface area contributed by atoms with Gasteiger partial charge in [0.1, 0.15) is 29.0 Å². The number of nitrogens with one attached hydrogen (secondary N) is 1. The number of likely N-dealkylation sites (tertiary alicyclic amines) is 1. The number of anilines is 1. The van der Waals surface area contributed by atoms with Crippen LogP contribution in [0, 0.1) is 5.82 Å². The molecule has 0 aliphatic carbocycles. The first-order valence-electron chi connectivity index (χ1n) is 14.5. The largest absolute Gasteiger partial charge is 0.496 e. The smallest absolute Gasteiger partial charge is 0.325 e. The van der Waals surface area contributed by atoms with Gasteiger partial charge in [0, 0.05) is 43.6 Å². The Morgan fingerprint density at radius 3 is 2.90 bits per heavy atom. The molecule has 10 heteroatoms. The molecule has 9 nitrogen and oxygen atoms in total. The van der Waals surface area contributed by atoms with Gasteiger partial charge in [-0.2, -0.15) is 0 Å². The summed E-state index contributed by atoms with van der Waals surface area (Å²) in [7, 11) is 1.69. The number of carbonyl (C=O) groups is 2. The van der Waals surface area contributed by atoms with E-state index in [-0.39, 0.29) is 12.7 Å². The first-order valence-corrected chi connectivity index (χ1v) is 14.5. The Bertz CT molecular complexity index is 1190. The van der Waals surface area contributed by atoms with Gasteiger partial charge in [0.2, 0.25) is 0 Å². The van der Waals surface area contributed by atoms with Crippen molar-refractivity contribution < 1.29 is 33.3 Å². The highest BCUT2D eigenvalue weighted by Crippen LogP contribution is 2.32. The highest BCUT2D eigenvalue weighted by Gasteiger charge is 2.36. The van der Waals surface area contributed by atoms with E-state index in [1.807, 2.05) is 17.9 Å². The summed E-state index contributed by atoms with van der Waals surface area (Å²) < 4.78 is 31.8. The van der Waals surface area contributed by atoms with Gasteiger partial charge in [-0.05, 0) is 75.1 Å². The molecule has 0 amide bonds. The van der Waals surface area contributed by atoms with E-state index in [1.165, 1.54) is 18.2 Å². The molecule has 41 heavy (non-hydrogen) atoms. The summed E-state index contributed by atoms with van der Waals surface area (Å²) in [6, 6.07) is 5.07. The monoisotopic (exact) mass is 571 g/mol. The van der Waals surface area contributed by atoms with E-state index in [1.54, 1.807) is 14.0 Å². The molecule has 1 saturated heterocycles. The lowest BCUT2D eigenvalue weighted by molar-refractivity contribution is -0.143. The van der Waals surface area contributed by atoms with Crippen molar-refractivity contribution in [3.8, 4) is 5.75 Å². The van der Waals surface area contributed by atoms with Crippen LogP contribution in [0.4, 0.5) is 10.2 Å². The van der Waals surface area contributed by atoms with E-state index in [0.29, 0.717) is 43.7 Å². The molecule has 1 fully saturated rings. The quantitative estimate of drug-likeness (QED) is 0.232. The number of carboxylic acids is 1. The zero-order chi connectivity index (χ0) is 29.4. The lowest BCUT2D eigenvalue weighted by atomic mass is 9.98. The van der Waals surface area contributed by atoms with E-state index >= 15 is 0 Å². The van der Waals surface area contributed by atoms with Gasteiger partial charge < -0.3 is 29.4 Å². The number of aryl methyl sites for hydroxylation is 1. The van der Waals surface area contributed by atoms with Crippen molar-refractivity contribution in [3.63, 3.8) is 0 Å². The zero-order valence-corrected chi connectivity index (χ0v) is 24.3. The molecule has 1 aromatic heterocycles. The van der Waals surface area contributed by atoms with Crippen molar-refractivity contribution in [3.05, 3.63) is 52.5 Å². The Morgan fingerprint density at radius 1 is 1.34 bits per heavy atom. The van der Waals surface area contributed by atoms with Gasteiger partial charge in [-0.25, -0.2) is 9.37 Å². The lowest BCUT2D eigenvalue weighted by Gasteiger charge is -2.28. The average Bonchev–Trinajstić information content (AvgIpc) is 3.43. The van der Waals surface area contributed by atoms with E-state index < -0.39 is 23.4 Å². The number of pyridine rings is 1. The number of ether oxygens (including phenoxy) is 3. The lowest BCUT2D eigenvalue weighted by Crippen LogP contribution is -2.35. The maximum Gasteiger partial charge on any atom is 0.325 e. The minimum atomic E-state index is -1.06. The molecule has 2 aliphatic rings. The fraction of sp³-hybridized carbons (Fsp3) is 0.581. The van der Waals surface area contributed by atoms with Gasteiger partial charge in [0.05, 0.1) is 19.8 Å². The molecule has 2 aliphatic heterocycles. The first-order chi connectivity index (χ1) is 19.8. The number of carbonyl (C=O) groups excluding carboxylic acids is 1. The second-order valence-electron chi connectivity index (χ2n) is 11.1. The number of methoxy groups -OCH3 is 1. The molecule has 224 valence electrons. The van der Waals surface area contributed by atoms with Crippen LogP contribution in [-0.2, 0) is 38.5 Å². The number of fused-ring (bicyclic) bond motifs is 1. The standard InChI is InChI=1S/C31H42FN3O6/c1-4-31(2,20-36)41-19-21-10-11-22(32)16-26(21)28(30(37)38)35-14-12-24(18-35)40-15-6-5-8-23-17-27(39-3)25-9-7-13-33-29(25)34-23/h10-11,16-17,20,24,28H,4-9,12-15,18-19H2,1-3H3,(H,33,34)(H,37,38)/t24-,28?,31?/m1/s1. The predicted molar refractivity (Wildman–Crippen MR) is 153 cm³/mol. The second-order valence-corrected chi connectivity index (χ2v) is 11.1. The number of carboxylic acid groups (broad SMARTS) is 1. The van der Waals surface area contributed by atoms with Crippen molar-refractivity contribution in [1.82, 2.24) is 9.88 Å². The Labute approximate surface area is 241 Å². The van der Waals surface area contributed by atoms with Gasteiger partial charge in [-0.15, -0.1) is 0 Å². The highest BCUT2D eigenvalue weighted by molar-refractivity contribution is 5.76. The van der Waals surface area contributed by atoms with E-state index in [2.05, 4.69) is 5.32 Å². The van der Waals surface area contributed by atoms with Crippen molar-refractivity contribution in [2.45, 2.75) is 83.1 Å². The fourth-order valence-corrected chi connectivity index (χ4v) is 5.45. The number of unbranched alkanes of at least 4 members (excludes halogenated alkanes) is 1. The predicted octanol–water partition coefficient (Wildman–Crippen LogP) is 4.71. The van der Waals surface area contributed by atoms with Crippen LogP contribution in [0.25, 0.3) is 0 Å². The Morgan fingerprint density at radius 2 is 2.17 bits per heavy atom. The maximum absolute atomic E-state index is 14.3. The van der Waals surface area contributed by atoms with Crippen LogP contribution >= 0.6 is 0 Å². The first kappa shape index (κ1) is 30.9. The van der Waals surface area contributed by atoms with Gasteiger partial charge in [0.25, 0.3) is 0 Å². The topological polar surface area (TPSA) is 110 Å². The summed E-state index contributed by atoms with van der Waals surface area (Å²) in [6.45, 7) is 5.97. The molecule has 2 aromatic rings. The molecule has 2 unspecified atom stereocenters. The summed E-state index contributed by atoms with van der Waals surface area (Å²) in [5, 5.41) is 13.5. The second kappa shape index (κ2) is 14.2.